The monoisotopic (exact) mass is 792 g/mol. The molecule has 302 valence electrons. The number of H-pyrrole nitrogens is 1. The Kier molecular flexibility index (Phi) is 13.9. The van der Waals surface area contributed by atoms with E-state index in [0.29, 0.717) is 13.2 Å². The van der Waals surface area contributed by atoms with Crippen LogP contribution >= 0.6 is 11.3 Å². The Balaban J connectivity index is 0.999. The maximum Gasteiger partial charge on any atom is 0.246 e. The van der Waals surface area contributed by atoms with E-state index in [1.807, 2.05) is 88.7 Å². The minimum atomic E-state index is -0.906. The van der Waals surface area contributed by atoms with Crippen molar-refractivity contribution in [3.63, 3.8) is 0 Å². The number of carbonyl (C=O) groups is 3. The first-order valence-electron chi connectivity index (χ1n) is 19.8. The molecule has 0 spiro atoms. The molecule has 57 heavy (non-hydrogen) atoms. The molecular formula is C45H56N6O5S. The van der Waals surface area contributed by atoms with Crippen LogP contribution in [0.1, 0.15) is 69.0 Å². The van der Waals surface area contributed by atoms with E-state index in [1.54, 1.807) is 11.3 Å². The van der Waals surface area contributed by atoms with E-state index in [-0.39, 0.29) is 43.8 Å². The number of nitrogens with one attached hydrogen (secondary N) is 3. The number of thiazole rings is 1. The van der Waals surface area contributed by atoms with Crippen molar-refractivity contribution in [3.8, 4) is 10.4 Å². The largest absolute Gasteiger partial charge is 0.391 e. The number of carbonyl (C=O) groups excluding carboxylic acids is 3. The molecule has 5 aromatic rings. The summed E-state index contributed by atoms with van der Waals surface area (Å²) >= 11 is 1.59. The minimum Gasteiger partial charge on any atom is -0.391 e. The SMILES string of the molecule is Cc1ncsc1-c1ccc([C@H](C)NC(=O)[C@@H]2C[C@@H](O)CN2C(=O)[C@@H](NC(=O)CCOCCN(CCc2c[nH]c3ccccc23)Cc2ccccc2)C(C)(C)C)cc1. The summed E-state index contributed by atoms with van der Waals surface area (Å²) in [5.41, 5.74) is 7.76. The van der Waals surface area contributed by atoms with Gasteiger partial charge in [0.2, 0.25) is 17.7 Å². The fourth-order valence-corrected chi connectivity index (χ4v) is 8.25. The number of hydrogen-bond acceptors (Lipinski definition) is 8. The smallest absolute Gasteiger partial charge is 0.246 e. The average molecular weight is 793 g/mol. The van der Waals surface area contributed by atoms with Crippen LogP contribution in [0.4, 0.5) is 0 Å². The van der Waals surface area contributed by atoms with Gasteiger partial charge in [-0.2, -0.15) is 0 Å². The van der Waals surface area contributed by atoms with Crippen LogP contribution in [-0.2, 0) is 32.1 Å². The highest BCUT2D eigenvalue weighted by Gasteiger charge is 2.44. The number of para-hydroxylation sites is 1. The number of aromatic amines is 1. The highest BCUT2D eigenvalue weighted by molar-refractivity contribution is 7.13. The number of amides is 3. The molecule has 0 radical (unpaired) electrons. The van der Waals surface area contributed by atoms with E-state index in [9.17, 15) is 19.5 Å². The van der Waals surface area contributed by atoms with Gasteiger partial charge in [-0.05, 0) is 54.0 Å². The molecule has 2 aromatic heterocycles. The van der Waals surface area contributed by atoms with Crippen molar-refractivity contribution in [2.45, 2.75) is 84.7 Å². The fourth-order valence-electron chi connectivity index (χ4n) is 7.44. The van der Waals surface area contributed by atoms with Gasteiger partial charge in [0.05, 0.1) is 41.4 Å². The molecule has 3 heterocycles. The lowest BCUT2D eigenvalue weighted by Gasteiger charge is -2.35. The molecule has 1 fully saturated rings. The van der Waals surface area contributed by atoms with Crippen LogP contribution < -0.4 is 10.6 Å². The van der Waals surface area contributed by atoms with Gasteiger partial charge in [-0.3, -0.25) is 19.3 Å². The molecule has 1 aliphatic heterocycles. The topological polar surface area (TPSA) is 140 Å². The molecule has 4 N–H and O–H groups in total. The minimum absolute atomic E-state index is 0.0134. The summed E-state index contributed by atoms with van der Waals surface area (Å²) in [6.45, 7) is 12.5. The zero-order valence-electron chi connectivity index (χ0n) is 33.7. The number of ether oxygens (including phenoxy) is 1. The van der Waals surface area contributed by atoms with Crippen LogP contribution in [0.15, 0.2) is 90.6 Å². The molecule has 1 saturated heterocycles. The van der Waals surface area contributed by atoms with Gasteiger partial charge in [-0.1, -0.05) is 93.6 Å². The Morgan fingerprint density at radius 2 is 1.74 bits per heavy atom. The molecule has 6 rings (SSSR count). The standard InChI is InChI=1S/C45H56N6O5S/c1-30(33-15-17-34(18-16-33)41-31(2)47-29-57-41)48-43(54)39-25-36(52)28-51(39)44(55)42(45(3,4)5)49-40(53)20-23-56-24-22-50(27-32-11-7-6-8-12-32)21-19-35-26-46-38-14-10-9-13-37(35)38/h6-18,26,29-30,36,39,42,46,52H,19-25,27-28H2,1-5H3,(H,48,54)(H,49,53)/t30-,36+,39-,42+/m0/s1. The molecule has 12 heteroatoms. The van der Waals surface area contributed by atoms with E-state index >= 15 is 0 Å². The summed E-state index contributed by atoms with van der Waals surface area (Å²) in [4.78, 5) is 53.7. The first-order chi connectivity index (χ1) is 27.4. The number of aromatic nitrogens is 2. The van der Waals surface area contributed by atoms with Crippen LogP contribution in [0.25, 0.3) is 21.3 Å². The Morgan fingerprint density at radius 3 is 2.46 bits per heavy atom. The first-order valence-corrected chi connectivity index (χ1v) is 20.7. The predicted molar refractivity (Wildman–Crippen MR) is 226 cm³/mol. The molecule has 0 aliphatic carbocycles. The summed E-state index contributed by atoms with van der Waals surface area (Å²) < 4.78 is 5.98. The number of fused-ring (bicyclic) bond motifs is 1. The van der Waals surface area contributed by atoms with Crippen molar-refractivity contribution in [2.75, 3.05) is 32.8 Å². The highest BCUT2D eigenvalue weighted by atomic mass is 32.1. The van der Waals surface area contributed by atoms with Gasteiger partial charge in [-0.15, -0.1) is 11.3 Å². The maximum absolute atomic E-state index is 14.1. The van der Waals surface area contributed by atoms with Gasteiger partial charge in [0.15, 0.2) is 0 Å². The number of likely N-dealkylation sites (tertiary alicyclic amines) is 1. The molecule has 3 amide bonds. The lowest BCUT2D eigenvalue weighted by molar-refractivity contribution is -0.144. The second-order valence-electron chi connectivity index (χ2n) is 16.1. The Labute approximate surface area is 339 Å². The predicted octanol–water partition coefficient (Wildman–Crippen LogP) is 6.42. The van der Waals surface area contributed by atoms with Crippen molar-refractivity contribution in [3.05, 3.63) is 113 Å². The van der Waals surface area contributed by atoms with Crippen molar-refractivity contribution in [1.29, 1.82) is 0 Å². The van der Waals surface area contributed by atoms with Gasteiger partial charge in [0, 0.05) is 56.1 Å². The number of rotatable bonds is 17. The van der Waals surface area contributed by atoms with Gasteiger partial charge >= 0.3 is 0 Å². The normalized spacial score (nSPS) is 16.9. The summed E-state index contributed by atoms with van der Waals surface area (Å²) in [5.74, 6) is -1.04. The van der Waals surface area contributed by atoms with Gasteiger partial charge in [0.1, 0.15) is 12.1 Å². The van der Waals surface area contributed by atoms with E-state index < -0.39 is 29.5 Å². The number of aryl methyl sites for hydroxylation is 1. The third kappa shape index (κ3) is 11.0. The fraction of sp³-hybridized carbons (Fsp3) is 0.422. The third-order valence-corrected chi connectivity index (χ3v) is 11.7. The zero-order chi connectivity index (χ0) is 40.5. The van der Waals surface area contributed by atoms with Crippen LogP contribution in [0.2, 0.25) is 0 Å². The van der Waals surface area contributed by atoms with Crippen LogP contribution in [0.5, 0.6) is 0 Å². The highest BCUT2D eigenvalue weighted by Crippen LogP contribution is 2.30. The number of aliphatic hydroxyl groups is 1. The molecule has 1 aliphatic rings. The molecule has 0 saturated carbocycles. The van der Waals surface area contributed by atoms with Crippen molar-refractivity contribution < 1.29 is 24.2 Å². The summed E-state index contributed by atoms with van der Waals surface area (Å²) in [6, 6.07) is 24.6. The zero-order valence-corrected chi connectivity index (χ0v) is 34.5. The van der Waals surface area contributed by atoms with Crippen LogP contribution in [0, 0.1) is 12.3 Å². The quantitative estimate of drug-likeness (QED) is 0.0798. The number of nitrogens with zero attached hydrogens (tertiary/aromatic N) is 3. The molecule has 3 aromatic carbocycles. The Morgan fingerprint density at radius 1 is 1.00 bits per heavy atom. The van der Waals surface area contributed by atoms with Crippen LogP contribution in [-0.4, -0.2) is 93.6 Å². The molecule has 11 nitrogen and oxygen atoms in total. The van der Waals surface area contributed by atoms with Crippen LogP contribution in [0.3, 0.4) is 0 Å². The number of hydrogen-bond donors (Lipinski definition) is 4. The second-order valence-corrected chi connectivity index (χ2v) is 17.0. The van der Waals surface area contributed by atoms with Crippen molar-refractivity contribution in [2.24, 2.45) is 5.41 Å². The summed E-state index contributed by atoms with van der Waals surface area (Å²) in [6.07, 6.45) is 2.33. The summed E-state index contributed by atoms with van der Waals surface area (Å²) in [5, 5.41) is 17.9. The van der Waals surface area contributed by atoms with E-state index in [0.717, 1.165) is 46.7 Å². The molecular weight excluding hydrogens is 737 g/mol. The van der Waals surface area contributed by atoms with Gasteiger partial charge < -0.3 is 30.4 Å². The Bertz CT molecular complexity index is 2090. The lowest BCUT2D eigenvalue weighted by atomic mass is 9.85. The molecule has 0 bridgehead atoms. The van der Waals surface area contributed by atoms with E-state index in [4.69, 9.17) is 4.74 Å². The number of β-amino-alcohol motifs (C(OH)–C–C–N with tert-alkyl or cyclic N) is 1. The second kappa shape index (κ2) is 19.0. The van der Waals surface area contributed by atoms with E-state index in [2.05, 4.69) is 62.0 Å². The van der Waals surface area contributed by atoms with Gasteiger partial charge in [-0.25, -0.2) is 4.98 Å². The average Bonchev–Trinajstić information content (AvgIpc) is 3.93. The van der Waals surface area contributed by atoms with E-state index in [1.165, 1.54) is 21.4 Å². The lowest BCUT2D eigenvalue weighted by Crippen LogP contribution is -2.58. The third-order valence-electron chi connectivity index (χ3n) is 10.7. The Hall–Kier alpha value is -4.88. The number of aliphatic hydroxyl groups excluding tert-OH is 1. The number of benzene rings is 3. The molecule has 4 atom stereocenters. The summed E-state index contributed by atoms with van der Waals surface area (Å²) in [7, 11) is 0. The van der Waals surface area contributed by atoms with Crippen molar-refractivity contribution >= 4 is 40.0 Å². The van der Waals surface area contributed by atoms with Gasteiger partial charge in [0.25, 0.3) is 0 Å². The first kappa shape index (κ1) is 41.7. The van der Waals surface area contributed by atoms with Crippen molar-refractivity contribution in [1.82, 2.24) is 30.4 Å². The maximum atomic E-state index is 14.1. The molecule has 0 unspecified atom stereocenters.